The molecule has 3 rings (SSSR count). The van der Waals surface area contributed by atoms with Gasteiger partial charge in [-0.15, -0.1) is 0 Å². The largest absolute Gasteiger partial charge is 0.357 e. The average Bonchev–Trinajstić information content (AvgIpc) is 3.14. The van der Waals surface area contributed by atoms with Gasteiger partial charge in [0.15, 0.2) is 4.90 Å². The molecule has 0 atom stereocenters. The fourth-order valence-corrected chi connectivity index (χ4v) is 4.45. The average molecular weight is 376 g/mol. The van der Waals surface area contributed by atoms with Gasteiger partial charge < -0.3 is 4.90 Å². The lowest BCUT2D eigenvalue weighted by atomic mass is 10.2. The van der Waals surface area contributed by atoms with Crippen LogP contribution in [0.15, 0.2) is 41.4 Å². The molecule has 1 aromatic heterocycles. The molecule has 0 radical (unpaired) electrons. The summed E-state index contributed by atoms with van der Waals surface area (Å²) in [5.41, 5.74) is 0.585. The van der Waals surface area contributed by atoms with Crippen molar-refractivity contribution in [3.8, 4) is 0 Å². The van der Waals surface area contributed by atoms with Crippen LogP contribution in [0, 0.1) is 17.0 Å². The number of sulfonamides is 1. The minimum absolute atomic E-state index is 0.0150. The van der Waals surface area contributed by atoms with Crippen LogP contribution in [-0.2, 0) is 16.6 Å². The highest BCUT2D eigenvalue weighted by Gasteiger charge is 2.27. The molecule has 0 amide bonds. The maximum atomic E-state index is 12.6. The number of aryl methyl sites for hydroxylation is 1. The number of rotatable bonds is 6. The molecule has 8 nitrogen and oxygen atoms in total. The monoisotopic (exact) mass is 376 g/mol. The van der Waals surface area contributed by atoms with E-state index in [0.29, 0.717) is 11.1 Å². The molecule has 1 aromatic carbocycles. The summed E-state index contributed by atoms with van der Waals surface area (Å²) in [5, 5.41) is 11.2. The first-order valence-electron chi connectivity index (χ1n) is 8.32. The zero-order valence-corrected chi connectivity index (χ0v) is 15.2. The third kappa shape index (κ3) is 3.83. The van der Waals surface area contributed by atoms with Gasteiger partial charge in [0, 0.05) is 31.9 Å². The van der Waals surface area contributed by atoms with Crippen LogP contribution in [0.2, 0.25) is 0 Å². The molecule has 1 aliphatic rings. The summed E-state index contributed by atoms with van der Waals surface area (Å²) in [7, 11) is -4.02. The van der Waals surface area contributed by atoms with Crippen LogP contribution >= 0.6 is 0 Å². The maximum Gasteiger partial charge on any atom is 0.289 e. The van der Waals surface area contributed by atoms with Crippen LogP contribution in [0.3, 0.4) is 0 Å². The second-order valence-corrected chi connectivity index (χ2v) is 7.93. The van der Waals surface area contributed by atoms with Gasteiger partial charge in [0.05, 0.1) is 4.92 Å². The molecule has 0 spiro atoms. The molecular formula is C17H20N4O4S. The zero-order valence-electron chi connectivity index (χ0n) is 14.4. The Kier molecular flexibility index (Phi) is 5.19. The van der Waals surface area contributed by atoms with E-state index in [1.54, 1.807) is 6.20 Å². The molecule has 1 N–H and O–H groups in total. The van der Waals surface area contributed by atoms with Gasteiger partial charge >= 0.3 is 0 Å². The first-order chi connectivity index (χ1) is 12.4. The van der Waals surface area contributed by atoms with Crippen molar-refractivity contribution in [1.82, 2.24) is 9.71 Å². The molecule has 0 aliphatic carbocycles. The highest BCUT2D eigenvalue weighted by molar-refractivity contribution is 7.89. The number of nitro benzene ring substituents is 1. The molecule has 0 unspecified atom stereocenters. The molecule has 1 fully saturated rings. The van der Waals surface area contributed by atoms with Crippen LogP contribution in [0.25, 0.3) is 0 Å². The van der Waals surface area contributed by atoms with Gasteiger partial charge in [-0.05, 0) is 37.0 Å². The van der Waals surface area contributed by atoms with Crippen molar-refractivity contribution in [3.63, 3.8) is 0 Å². The summed E-state index contributed by atoms with van der Waals surface area (Å²) in [6, 6.07) is 7.87. The predicted molar refractivity (Wildman–Crippen MR) is 97.5 cm³/mol. The number of anilines is 1. The Morgan fingerprint density at radius 1 is 1.23 bits per heavy atom. The minimum Gasteiger partial charge on any atom is -0.357 e. The standard InChI is InChI=1S/C17H20N4O4S/c1-13-5-4-6-15(21(22)23)17(13)26(24,25)19-12-14-7-8-16(18-11-14)20-9-2-3-10-20/h4-8,11,19H,2-3,9-10,12H2,1H3. The number of nitrogens with one attached hydrogen (secondary N) is 1. The van der Waals surface area contributed by atoms with Crippen molar-refractivity contribution in [1.29, 1.82) is 0 Å². The lowest BCUT2D eigenvalue weighted by molar-refractivity contribution is -0.387. The summed E-state index contributed by atoms with van der Waals surface area (Å²) >= 11 is 0. The Balaban J connectivity index is 1.76. The predicted octanol–water partition coefficient (Wildman–Crippen LogP) is 2.38. The van der Waals surface area contributed by atoms with E-state index in [4.69, 9.17) is 0 Å². The second-order valence-electron chi connectivity index (χ2n) is 6.22. The normalized spacial score (nSPS) is 14.6. The van der Waals surface area contributed by atoms with Crippen molar-refractivity contribution in [2.24, 2.45) is 0 Å². The van der Waals surface area contributed by atoms with E-state index in [1.165, 1.54) is 25.1 Å². The van der Waals surface area contributed by atoms with Gasteiger partial charge in [0.1, 0.15) is 5.82 Å². The van der Waals surface area contributed by atoms with Crippen molar-refractivity contribution < 1.29 is 13.3 Å². The van der Waals surface area contributed by atoms with Crippen LogP contribution in [-0.4, -0.2) is 31.4 Å². The maximum absolute atomic E-state index is 12.6. The summed E-state index contributed by atoms with van der Waals surface area (Å²) in [6.07, 6.45) is 3.93. The summed E-state index contributed by atoms with van der Waals surface area (Å²) in [5.74, 6) is 0.878. The van der Waals surface area contributed by atoms with Crippen molar-refractivity contribution in [3.05, 3.63) is 57.8 Å². The zero-order chi connectivity index (χ0) is 18.7. The third-order valence-electron chi connectivity index (χ3n) is 4.36. The molecule has 2 aromatic rings. The molecule has 1 aliphatic heterocycles. The third-order valence-corrected chi connectivity index (χ3v) is 5.95. The lowest BCUT2D eigenvalue weighted by Gasteiger charge is -2.16. The van der Waals surface area contributed by atoms with Crippen LogP contribution < -0.4 is 9.62 Å². The Labute approximate surface area is 152 Å². The van der Waals surface area contributed by atoms with E-state index in [0.717, 1.165) is 31.7 Å². The molecule has 2 heterocycles. The van der Waals surface area contributed by atoms with Gasteiger partial charge in [0.25, 0.3) is 5.69 Å². The Morgan fingerprint density at radius 3 is 2.58 bits per heavy atom. The number of hydrogen-bond acceptors (Lipinski definition) is 6. The van der Waals surface area contributed by atoms with Gasteiger partial charge in [-0.3, -0.25) is 10.1 Å². The Bertz CT molecular complexity index is 907. The fraction of sp³-hybridized carbons (Fsp3) is 0.353. The van der Waals surface area contributed by atoms with Crippen LogP contribution in [0.1, 0.15) is 24.0 Å². The molecule has 0 bridgehead atoms. The number of pyridine rings is 1. The highest BCUT2D eigenvalue weighted by Crippen LogP contribution is 2.27. The lowest BCUT2D eigenvalue weighted by Crippen LogP contribution is -2.25. The van der Waals surface area contributed by atoms with Crippen LogP contribution in [0.5, 0.6) is 0 Å². The Morgan fingerprint density at radius 2 is 1.96 bits per heavy atom. The SMILES string of the molecule is Cc1cccc([N+](=O)[O-])c1S(=O)(=O)NCc1ccc(N2CCCC2)nc1. The topological polar surface area (TPSA) is 105 Å². The quantitative estimate of drug-likeness (QED) is 0.613. The first-order valence-corrected chi connectivity index (χ1v) is 9.80. The van der Waals surface area contributed by atoms with E-state index < -0.39 is 20.6 Å². The minimum atomic E-state index is -4.02. The molecule has 138 valence electrons. The van der Waals surface area contributed by atoms with E-state index in [9.17, 15) is 18.5 Å². The van der Waals surface area contributed by atoms with Gasteiger partial charge in [-0.1, -0.05) is 18.2 Å². The molecule has 0 saturated carbocycles. The van der Waals surface area contributed by atoms with E-state index in [-0.39, 0.29) is 11.4 Å². The smallest absolute Gasteiger partial charge is 0.289 e. The summed E-state index contributed by atoms with van der Waals surface area (Å²) in [4.78, 5) is 16.7. The number of nitrogens with zero attached hydrogens (tertiary/aromatic N) is 3. The number of benzene rings is 1. The van der Waals surface area contributed by atoms with E-state index >= 15 is 0 Å². The Hall–Kier alpha value is -2.52. The molecule has 1 saturated heterocycles. The molecular weight excluding hydrogens is 356 g/mol. The second kappa shape index (κ2) is 7.38. The fourth-order valence-electron chi connectivity index (χ4n) is 3.04. The van der Waals surface area contributed by atoms with E-state index in [2.05, 4.69) is 14.6 Å². The van der Waals surface area contributed by atoms with Crippen LogP contribution in [0.4, 0.5) is 11.5 Å². The van der Waals surface area contributed by atoms with E-state index in [1.807, 2.05) is 12.1 Å². The number of nitro groups is 1. The van der Waals surface area contributed by atoms with Crippen molar-refractivity contribution in [2.45, 2.75) is 31.2 Å². The van der Waals surface area contributed by atoms with Gasteiger partial charge in [0.2, 0.25) is 10.0 Å². The molecule has 26 heavy (non-hydrogen) atoms. The first kappa shape index (κ1) is 18.3. The van der Waals surface area contributed by atoms with Gasteiger partial charge in [-0.2, -0.15) is 0 Å². The summed E-state index contributed by atoms with van der Waals surface area (Å²) in [6.45, 7) is 3.51. The number of hydrogen-bond donors (Lipinski definition) is 1. The van der Waals surface area contributed by atoms with Crippen molar-refractivity contribution in [2.75, 3.05) is 18.0 Å². The molecule has 9 heteroatoms. The van der Waals surface area contributed by atoms with Crippen molar-refractivity contribution >= 4 is 21.5 Å². The van der Waals surface area contributed by atoms with Gasteiger partial charge in [-0.25, -0.2) is 18.1 Å². The number of aromatic nitrogens is 1. The highest BCUT2D eigenvalue weighted by atomic mass is 32.2. The summed E-state index contributed by atoms with van der Waals surface area (Å²) < 4.78 is 27.6.